The molecule has 148 valence electrons. The third kappa shape index (κ3) is 4.48. The number of rotatable bonds is 7. The Bertz CT molecular complexity index is 942. The quantitative estimate of drug-likeness (QED) is 0.598. The predicted octanol–water partition coefficient (Wildman–Crippen LogP) is 4.10. The minimum absolute atomic E-state index is 0.0109. The minimum Gasteiger partial charge on any atom is -0.494 e. The van der Waals surface area contributed by atoms with E-state index in [4.69, 9.17) is 4.74 Å². The molecule has 3 rings (SSSR count). The van der Waals surface area contributed by atoms with Crippen LogP contribution in [-0.2, 0) is 11.3 Å². The zero-order chi connectivity index (χ0) is 20.3. The van der Waals surface area contributed by atoms with Crippen LogP contribution in [0.2, 0.25) is 0 Å². The van der Waals surface area contributed by atoms with E-state index in [9.17, 15) is 9.18 Å². The Morgan fingerprint density at radius 3 is 2.68 bits per heavy atom. The number of aromatic nitrogens is 1. The van der Waals surface area contributed by atoms with E-state index < -0.39 is 5.82 Å². The fourth-order valence-corrected chi connectivity index (χ4v) is 4.03. The van der Waals surface area contributed by atoms with E-state index in [2.05, 4.69) is 4.98 Å². The van der Waals surface area contributed by atoms with Gasteiger partial charge in [0.1, 0.15) is 5.01 Å². The van der Waals surface area contributed by atoms with E-state index in [1.165, 1.54) is 13.2 Å². The van der Waals surface area contributed by atoms with E-state index in [1.807, 2.05) is 43.1 Å². The third-order valence-corrected chi connectivity index (χ3v) is 5.92. The molecule has 5 nitrogen and oxygen atoms in total. The number of halogens is 1. The molecule has 0 saturated carbocycles. The van der Waals surface area contributed by atoms with Gasteiger partial charge in [-0.3, -0.25) is 9.69 Å². The summed E-state index contributed by atoms with van der Waals surface area (Å²) in [7, 11) is 5.07. The number of hydrogen-bond acceptors (Lipinski definition) is 5. The minimum atomic E-state index is -0.402. The Morgan fingerprint density at radius 1 is 1.25 bits per heavy atom. The number of likely N-dealkylation sites (N-methyl/N-ethyl adjacent to an activating group) is 2. The number of ether oxygens (including phenoxy) is 1. The fourth-order valence-electron chi connectivity index (χ4n) is 2.97. The summed E-state index contributed by atoms with van der Waals surface area (Å²) in [4.78, 5) is 20.9. The molecule has 28 heavy (non-hydrogen) atoms. The zero-order valence-electron chi connectivity index (χ0n) is 16.5. The number of fused-ring (bicyclic) bond motifs is 1. The van der Waals surface area contributed by atoms with Crippen molar-refractivity contribution in [2.75, 3.05) is 27.7 Å². The van der Waals surface area contributed by atoms with Crippen LogP contribution in [-0.4, -0.2) is 48.4 Å². The molecular formula is C21H24FN3O2S. The molecule has 0 unspecified atom stereocenters. The lowest BCUT2D eigenvalue weighted by Crippen LogP contribution is -2.37. The molecule has 0 fully saturated rings. The Morgan fingerprint density at radius 2 is 2.00 bits per heavy atom. The second-order valence-electron chi connectivity index (χ2n) is 6.84. The standard InChI is InChI=1S/C21H24FN3O2S/c1-14(21-23-17-7-5-6-8-19(17)28-21)25(3)20(26)13-24(2)12-15-9-10-18(27-4)16(22)11-15/h5-11,14H,12-13H2,1-4H3/t14-/m1/s1. The summed E-state index contributed by atoms with van der Waals surface area (Å²) in [5.74, 6) is -0.198. The maximum absolute atomic E-state index is 13.8. The Kier molecular flexibility index (Phi) is 6.26. The summed E-state index contributed by atoms with van der Waals surface area (Å²) in [5.41, 5.74) is 1.74. The second-order valence-corrected chi connectivity index (χ2v) is 7.90. The molecule has 0 saturated heterocycles. The van der Waals surface area contributed by atoms with Gasteiger partial charge in [0, 0.05) is 13.6 Å². The summed E-state index contributed by atoms with van der Waals surface area (Å²) >= 11 is 1.61. The van der Waals surface area contributed by atoms with Crippen LogP contribution in [0, 0.1) is 5.82 Å². The van der Waals surface area contributed by atoms with E-state index in [-0.39, 0.29) is 24.2 Å². The van der Waals surface area contributed by atoms with E-state index in [1.54, 1.807) is 35.4 Å². The number of para-hydroxylation sites is 1. The van der Waals surface area contributed by atoms with E-state index >= 15 is 0 Å². The van der Waals surface area contributed by atoms with Gasteiger partial charge in [-0.15, -0.1) is 11.3 Å². The molecule has 2 aromatic carbocycles. The van der Waals surface area contributed by atoms with Crippen molar-refractivity contribution in [3.63, 3.8) is 0 Å². The number of benzene rings is 2. The Hall–Kier alpha value is -2.51. The van der Waals surface area contributed by atoms with Gasteiger partial charge in [-0.25, -0.2) is 9.37 Å². The van der Waals surface area contributed by atoms with Crippen molar-refractivity contribution in [2.45, 2.75) is 19.5 Å². The highest BCUT2D eigenvalue weighted by Crippen LogP contribution is 2.29. The lowest BCUT2D eigenvalue weighted by atomic mass is 10.2. The van der Waals surface area contributed by atoms with Crippen LogP contribution in [0.25, 0.3) is 10.2 Å². The van der Waals surface area contributed by atoms with Crippen molar-refractivity contribution in [1.29, 1.82) is 0 Å². The van der Waals surface area contributed by atoms with Crippen molar-refractivity contribution < 1.29 is 13.9 Å². The van der Waals surface area contributed by atoms with Crippen LogP contribution in [0.3, 0.4) is 0 Å². The van der Waals surface area contributed by atoms with Crippen LogP contribution in [0.1, 0.15) is 23.5 Å². The highest BCUT2D eigenvalue weighted by atomic mass is 32.1. The molecule has 0 aliphatic carbocycles. The molecule has 7 heteroatoms. The van der Waals surface area contributed by atoms with E-state index in [0.717, 1.165) is 20.8 Å². The van der Waals surface area contributed by atoms with Gasteiger partial charge < -0.3 is 9.64 Å². The molecular weight excluding hydrogens is 377 g/mol. The molecule has 0 radical (unpaired) electrons. The number of methoxy groups -OCH3 is 1. The average molecular weight is 402 g/mol. The van der Waals surface area contributed by atoms with Gasteiger partial charge in [-0.2, -0.15) is 0 Å². The number of thiazole rings is 1. The van der Waals surface area contributed by atoms with Crippen molar-refractivity contribution in [1.82, 2.24) is 14.8 Å². The average Bonchev–Trinajstić information content (AvgIpc) is 3.11. The first-order valence-electron chi connectivity index (χ1n) is 9.01. The second kappa shape index (κ2) is 8.67. The number of amides is 1. The van der Waals surface area contributed by atoms with Gasteiger partial charge in [0.15, 0.2) is 11.6 Å². The van der Waals surface area contributed by atoms with E-state index in [0.29, 0.717) is 6.54 Å². The van der Waals surface area contributed by atoms with Gasteiger partial charge >= 0.3 is 0 Å². The van der Waals surface area contributed by atoms with Crippen LogP contribution >= 0.6 is 11.3 Å². The number of carbonyl (C=O) groups excluding carboxylic acids is 1. The number of nitrogens with zero attached hydrogens (tertiary/aromatic N) is 3. The summed E-state index contributed by atoms with van der Waals surface area (Å²) in [5, 5.41) is 0.914. The maximum Gasteiger partial charge on any atom is 0.237 e. The van der Waals surface area contributed by atoms with Gasteiger partial charge in [-0.05, 0) is 43.8 Å². The molecule has 1 amide bonds. The van der Waals surface area contributed by atoms with Gasteiger partial charge in [0.05, 0.1) is 29.9 Å². The van der Waals surface area contributed by atoms with Crippen molar-refractivity contribution in [2.24, 2.45) is 0 Å². The largest absolute Gasteiger partial charge is 0.494 e. The predicted molar refractivity (Wildman–Crippen MR) is 110 cm³/mol. The maximum atomic E-state index is 13.8. The van der Waals surface area contributed by atoms with Crippen LogP contribution in [0.4, 0.5) is 4.39 Å². The molecule has 0 bridgehead atoms. The molecule has 0 aliphatic heterocycles. The first kappa shape index (κ1) is 20.2. The molecule has 0 N–H and O–H groups in total. The smallest absolute Gasteiger partial charge is 0.237 e. The van der Waals surface area contributed by atoms with Crippen molar-refractivity contribution in [3.05, 3.63) is 58.9 Å². The van der Waals surface area contributed by atoms with Gasteiger partial charge in [0.2, 0.25) is 5.91 Å². The summed E-state index contributed by atoms with van der Waals surface area (Å²) in [6, 6.07) is 12.7. The van der Waals surface area contributed by atoms with Crippen LogP contribution in [0.5, 0.6) is 5.75 Å². The first-order chi connectivity index (χ1) is 13.4. The normalized spacial score (nSPS) is 12.4. The highest BCUT2D eigenvalue weighted by Gasteiger charge is 2.21. The summed E-state index contributed by atoms with van der Waals surface area (Å²) < 4.78 is 19.9. The molecule has 3 aromatic rings. The fraction of sp³-hybridized carbons (Fsp3) is 0.333. The van der Waals surface area contributed by atoms with Gasteiger partial charge in [-0.1, -0.05) is 18.2 Å². The summed E-state index contributed by atoms with van der Waals surface area (Å²) in [6.45, 7) is 2.68. The highest BCUT2D eigenvalue weighted by molar-refractivity contribution is 7.18. The Balaban J connectivity index is 1.61. The monoisotopic (exact) mass is 401 g/mol. The topological polar surface area (TPSA) is 45.7 Å². The molecule has 1 atom stereocenters. The van der Waals surface area contributed by atoms with Crippen LogP contribution < -0.4 is 4.74 Å². The first-order valence-corrected chi connectivity index (χ1v) is 9.82. The lowest BCUT2D eigenvalue weighted by Gasteiger charge is -2.26. The van der Waals surface area contributed by atoms with Crippen molar-refractivity contribution >= 4 is 27.5 Å². The lowest BCUT2D eigenvalue weighted by molar-refractivity contribution is -0.132. The summed E-state index contributed by atoms with van der Waals surface area (Å²) in [6.07, 6.45) is 0. The van der Waals surface area contributed by atoms with Crippen LogP contribution in [0.15, 0.2) is 42.5 Å². The van der Waals surface area contributed by atoms with Crippen molar-refractivity contribution in [3.8, 4) is 5.75 Å². The SMILES string of the molecule is COc1ccc(CN(C)CC(=O)N(C)[C@H](C)c2nc3ccccc3s2)cc1F. The Labute approximate surface area is 168 Å². The molecule has 1 aromatic heterocycles. The third-order valence-electron chi connectivity index (χ3n) is 4.72. The molecule has 0 spiro atoms. The van der Waals surface area contributed by atoms with Gasteiger partial charge in [0.25, 0.3) is 0 Å². The molecule has 1 heterocycles. The number of carbonyl (C=O) groups is 1. The zero-order valence-corrected chi connectivity index (χ0v) is 17.3. The number of hydrogen-bond donors (Lipinski definition) is 0. The molecule has 0 aliphatic rings.